The van der Waals surface area contributed by atoms with Crippen molar-refractivity contribution in [1.29, 1.82) is 0 Å². The molecule has 0 spiro atoms. The number of H-pyrrole nitrogens is 1. The van der Waals surface area contributed by atoms with Crippen LogP contribution in [0.2, 0.25) is 0 Å². The predicted molar refractivity (Wildman–Crippen MR) is 115 cm³/mol. The fourth-order valence-electron chi connectivity index (χ4n) is 4.78. The number of carbonyl (C=O) groups is 1. The number of aromatic nitrogens is 2. The molecule has 1 saturated heterocycles. The van der Waals surface area contributed by atoms with Crippen LogP contribution < -0.4 is 5.56 Å². The van der Waals surface area contributed by atoms with Gasteiger partial charge in [-0.3, -0.25) is 9.59 Å². The summed E-state index contributed by atoms with van der Waals surface area (Å²) >= 11 is 1.66. The molecule has 0 saturated carbocycles. The summed E-state index contributed by atoms with van der Waals surface area (Å²) in [4.78, 5) is 37.4. The zero-order valence-electron chi connectivity index (χ0n) is 16.4. The minimum atomic E-state index is -0.0415. The molecule has 1 amide bonds. The van der Waals surface area contributed by atoms with Crippen molar-refractivity contribution in [1.82, 2.24) is 14.9 Å². The molecule has 5 nitrogen and oxygen atoms in total. The monoisotopic (exact) mass is 407 g/mol. The van der Waals surface area contributed by atoms with Crippen LogP contribution in [0.5, 0.6) is 0 Å². The minimum Gasteiger partial charge on any atom is -0.336 e. The van der Waals surface area contributed by atoms with Crippen molar-refractivity contribution in [3.05, 3.63) is 62.5 Å². The van der Waals surface area contributed by atoms with Crippen LogP contribution >= 0.6 is 11.3 Å². The number of hydrogen-bond acceptors (Lipinski definition) is 4. The van der Waals surface area contributed by atoms with Crippen molar-refractivity contribution >= 4 is 27.5 Å². The summed E-state index contributed by atoms with van der Waals surface area (Å²) in [6.07, 6.45) is 7.27. The molecule has 2 aliphatic rings. The zero-order valence-corrected chi connectivity index (χ0v) is 17.3. The first-order valence-corrected chi connectivity index (χ1v) is 11.4. The summed E-state index contributed by atoms with van der Waals surface area (Å²) < 4.78 is 0. The Morgan fingerprint density at radius 1 is 1.17 bits per heavy atom. The molecule has 3 aromatic rings. The fourth-order valence-corrected chi connectivity index (χ4v) is 6.06. The van der Waals surface area contributed by atoms with Crippen LogP contribution in [0.15, 0.2) is 35.1 Å². The molecule has 0 bridgehead atoms. The van der Waals surface area contributed by atoms with Crippen molar-refractivity contribution in [3.8, 4) is 0 Å². The number of amides is 1. The molecule has 29 heavy (non-hydrogen) atoms. The van der Waals surface area contributed by atoms with Crippen LogP contribution in [0, 0.1) is 0 Å². The highest BCUT2D eigenvalue weighted by molar-refractivity contribution is 7.18. The lowest BCUT2D eigenvalue weighted by molar-refractivity contribution is -0.132. The molecular formula is C23H25N3O2S. The van der Waals surface area contributed by atoms with Crippen molar-refractivity contribution in [2.45, 2.75) is 57.4 Å². The Labute approximate surface area is 173 Å². The van der Waals surface area contributed by atoms with Crippen LogP contribution in [-0.2, 0) is 24.1 Å². The summed E-state index contributed by atoms with van der Waals surface area (Å²) in [7, 11) is 0. The molecule has 1 unspecified atom stereocenters. The van der Waals surface area contributed by atoms with Crippen molar-refractivity contribution in [3.63, 3.8) is 0 Å². The molecule has 6 heteroatoms. The average Bonchev–Trinajstić information content (AvgIpc) is 3.37. The maximum Gasteiger partial charge on any atom is 0.259 e. The van der Waals surface area contributed by atoms with Gasteiger partial charge in [-0.15, -0.1) is 11.3 Å². The summed E-state index contributed by atoms with van der Waals surface area (Å²) in [5, 5.41) is 0.781. The molecule has 1 aliphatic heterocycles. The molecule has 1 fully saturated rings. The van der Waals surface area contributed by atoms with Gasteiger partial charge in [-0.1, -0.05) is 30.3 Å². The van der Waals surface area contributed by atoms with Crippen molar-refractivity contribution < 1.29 is 4.79 Å². The lowest BCUT2D eigenvalue weighted by atomic mass is 9.97. The van der Waals surface area contributed by atoms with Crippen LogP contribution in [0.1, 0.15) is 60.0 Å². The van der Waals surface area contributed by atoms with E-state index in [0.29, 0.717) is 18.7 Å². The number of thiophene rings is 1. The number of rotatable bonds is 4. The van der Waals surface area contributed by atoms with Gasteiger partial charge >= 0.3 is 0 Å². The highest BCUT2D eigenvalue weighted by atomic mass is 32.1. The maximum atomic E-state index is 12.9. The molecule has 5 rings (SSSR count). The van der Waals surface area contributed by atoms with E-state index in [9.17, 15) is 9.59 Å². The SMILES string of the molecule is O=C(CCc1nc2sc3c(c2c(=O)[nH]1)CCCC3)N1CCCC1c1ccccc1. The van der Waals surface area contributed by atoms with Crippen LogP contribution in [-0.4, -0.2) is 27.3 Å². The number of likely N-dealkylation sites (tertiary alicyclic amines) is 1. The van der Waals surface area contributed by atoms with Gasteiger partial charge in [0.1, 0.15) is 10.7 Å². The number of fused-ring (bicyclic) bond motifs is 3. The number of hydrogen-bond donors (Lipinski definition) is 1. The van der Waals surface area contributed by atoms with E-state index < -0.39 is 0 Å². The third-order valence-corrected chi connectivity index (χ3v) is 7.39. The highest BCUT2D eigenvalue weighted by Crippen LogP contribution is 2.34. The van der Waals surface area contributed by atoms with E-state index in [1.54, 1.807) is 11.3 Å². The number of nitrogens with one attached hydrogen (secondary N) is 1. The quantitative estimate of drug-likeness (QED) is 0.706. The Hall–Kier alpha value is -2.47. The van der Waals surface area contributed by atoms with Gasteiger partial charge in [-0.05, 0) is 49.7 Å². The first-order valence-electron chi connectivity index (χ1n) is 10.6. The lowest BCUT2D eigenvalue weighted by Crippen LogP contribution is -2.31. The Balaban J connectivity index is 1.32. The Bertz CT molecular complexity index is 1100. The number of carbonyl (C=O) groups excluding carboxylic acids is 1. The van der Waals surface area contributed by atoms with E-state index in [-0.39, 0.29) is 17.5 Å². The topological polar surface area (TPSA) is 66.1 Å². The number of aryl methyl sites for hydroxylation is 3. The van der Waals surface area contributed by atoms with Crippen LogP contribution in [0.25, 0.3) is 10.2 Å². The van der Waals surface area contributed by atoms with Crippen molar-refractivity contribution in [2.75, 3.05) is 6.54 Å². The largest absolute Gasteiger partial charge is 0.336 e. The molecular weight excluding hydrogens is 382 g/mol. The fraction of sp³-hybridized carbons (Fsp3) is 0.435. The molecule has 1 aromatic carbocycles. The van der Waals surface area contributed by atoms with Gasteiger partial charge in [0, 0.05) is 24.3 Å². The second-order valence-electron chi connectivity index (χ2n) is 8.06. The van der Waals surface area contributed by atoms with E-state index in [2.05, 4.69) is 17.1 Å². The van der Waals surface area contributed by atoms with Crippen LogP contribution in [0.3, 0.4) is 0 Å². The normalized spacial score (nSPS) is 18.9. The molecule has 1 aliphatic carbocycles. The van der Waals surface area contributed by atoms with Gasteiger partial charge in [-0.2, -0.15) is 0 Å². The molecule has 3 heterocycles. The molecule has 2 aromatic heterocycles. The Morgan fingerprint density at radius 2 is 2.00 bits per heavy atom. The van der Waals surface area contributed by atoms with Gasteiger partial charge < -0.3 is 9.88 Å². The summed E-state index contributed by atoms with van der Waals surface area (Å²) in [6.45, 7) is 0.805. The second kappa shape index (κ2) is 7.75. The van der Waals surface area contributed by atoms with Crippen molar-refractivity contribution in [2.24, 2.45) is 0 Å². The van der Waals surface area contributed by atoms with Gasteiger partial charge in [0.25, 0.3) is 5.56 Å². The standard InChI is InChI=1S/C23H25N3O2S/c27-20(26-14-6-10-17(26)15-7-2-1-3-8-15)13-12-19-24-22(28)21-16-9-4-5-11-18(16)29-23(21)25-19/h1-3,7-8,17H,4-6,9-14H2,(H,24,25,28). The van der Waals surface area contributed by atoms with E-state index in [4.69, 9.17) is 4.98 Å². The molecule has 150 valence electrons. The first kappa shape index (κ1) is 18.6. The van der Waals surface area contributed by atoms with Gasteiger partial charge in [-0.25, -0.2) is 4.98 Å². The number of nitrogens with zero attached hydrogens (tertiary/aromatic N) is 2. The van der Waals surface area contributed by atoms with Gasteiger partial charge in [0.2, 0.25) is 5.91 Å². The summed E-state index contributed by atoms with van der Waals surface area (Å²) in [5.74, 6) is 0.773. The molecule has 1 N–H and O–H groups in total. The molecule has 0 radical (unpaired) electrons. The van der Waals surface area contributed by atoms with E-state index in [1.165, 1.54) is 22.4 Å². The predicted octanol–water partition coefficient (Wildman–Crippen LogP) is 4.16. The maximum absolute atomic E-state index is 12.9. The van der Waals surface area contributed by atoms with E-state index in [1.807, 2.05) is 23.1 Å². The third kappa shape index (κ3) is 3.50. The summed E-state index contributed by atoms with van der Waals surface area (Å²) in [6, 6.07) is 10.4. The zero-order chi connectivity index (χ0) is 19.8. The third-order valence-electron chi connectivity index (χ3n) is 6.21. The minimum absolute atomic E-state index is 0.0415. The van der Waals surface area contributed by atoms with Gasteiger partial charge in [0.05, 0.1) is 11.4 Å². The lowest BCUT2D eigenvalue weighted by Gasteiger charge is -2.25. The smallest absolute Gasteiger partial charge is 0.259 e. The number of aromatic amines is 1. The van der Waals surface area contributed by atoms with Gasteiger partial charge in [0.15, 0.2) is 0 Å². The van der Waals surface area contributed by atoms with Crippen LogP contribution in [0.4, 0.5) is 0 Å². The van der Waals surface area contributed by atoms with E-state index in [0.717, 1.165) is 48.9 Å². The highest BCUT2D eigenvalue weighted by Gasteiger charge is 2.29. The Morgan fingerprint density at radius 3 is 2.86 bits per heavy atom. The molecule has 1 atom stereocenters. The average molecular weight is 408 g/mol. The second-order valence-corrected chi connectivity index (χ2v) is 9.14. The summed E-state index contributed by atoms with van der Waals surface area (Å²) in [5.41, 5.74) is 2.37. The Kier molecular flexibility index (Phi) is 4.96. The first-order chi connectivity index (χ1) is 14.2. The number of benzene rings is 1. The van der Waals surface area contributed by atoms with E-state index >= 15 is 0 Å².